The molecule has 0 aliphatic heterocycles. The van der Waals surface area contributed by atoms with E-state index in [2.05, 4.69) is 26.3 Å². The van der Waals surface area contributed by atoms with Crippen LogP contribution in [0.1, 0.15) is 29.2 Å². The molecule has 0 atom stereocenters. The Bertz CT molecular complexity index is 1350. The third-order valence-electron chi connectivity index (χ3n) is 5.29. The number of benzene rings is 2. The Morgan fingerprint density at radius 3 is 2.79 bits per heavy atom. The zero-order valence-corrected chi connectivity index (χ0v) is 18.9. The number of carbonyl (C=O) groups excluding carboxylic acids is 1. The zero-order valence-electron chi connectivity index (χ0n) is 18.1. The predicted molar refractivity (Wildman–Crippen MR) is 128 cm³/mol. The van der Waals surface area contributed by atoms with Gasteiger partial charge in [-0.05, 0) is 55.2 Å². The van der Waals surface area contributed by atoms with Crippen molar-refractivity contribution in [3.63, 3.8) is 0 Å². The van der Waals surface area contributed by atoms with Gasteiger partial charge in [-0.2, -0.15) is 0 Å². The molecule has 34 heavy (non-hydrogen) atoms. The largest absolute Gasteiger partial charge is 0.493 e. The molecule has 2 aromatic heterocycles. The second-order valence-electron chi connectivity index (χ2n) is 7.99. The lowest BCUT2D eigenvalue weighted by atomic mass is 10.2. The number of aromatic nitrogens is 3. The summed E-state index contributed by atoms with van der Waals surface area (Å²) in [7, 11) is 0. The van der Waals surface area contributed by atoms with Crippen LogP contribution in [0.2, 0.25) is 5.02 Å². The van der Waals surface area contributed by atoms with Crippen LogP contribution in [0.25, 0.3) is 10.9 Å². The van der Waals surface area contributed by atoms with Crippen LogP contribution in [0.5, 0.6) is 11.5 Å². The fourth-order valence-corrected chi connectivity index (χ4v) is 3.53. The van der Waals surface area contributed by atoms with Gasteiger partial charge in [0.05, 0.1) is 22.8 Å². The van der Waals surface area contributed by atoms with Gasteiger partial charge in [0, 0.05) is 29.4 Å². The molecule has 5 rings (SSSR count). The van der Waals surface area contributed by atoms with E-state index in [0.29, 0.717) is 58.1 Å². The van der Waals surface area contributed by atoms with Crippen molar-refractivity contribution in [2.24, 2.45) is 11.7 Å². The van der Waals surface area contributed by atoms with Crippen LogP contribution in [-0.2, 0) is 6.61 Å². The van der Waals surface area contributed by atoms with E-state index in [4.69, 9.17) is 26.8 Å². The molecule has 1 fully saturated rings. The molecule has 8 nitrogen and oxygen atoms in total. The van der Waals surface area contributed by atoms with E-state index in [1.807, 2.05) is 18.2 Å². The van der Waals surface area contributed by atoms with Crippen molar-refractivity contribution in [1.29, 1.82) is 0 Å². The van der Waals surface area contributed by atoms with Gasteiger partial charge >= 0.3 is 0 Å². The van der Waals surface area contributed by atoms with Gasteiger partial charge in [0.1, 0.15) is 23.9 Å². The lowest BCUT2D eigenvalue weighted by molar-refractivity contribution is 0.0991. The summed E-state index contributed by atoms with van der Waals surface area (Å²) in [6.07, 6.45) is 4.08. The average Bonchev–Trinajstić information content (AvgIpc) is 3.67. The van der Waals surface area contributed by atoms with Crippen molar-refractivity contribution in [2.45, 2.75) is 19.4 Å². The number of nitrogens with two attached hydrogens (primary N) is 1. The highest BCUT2D eigenvalue weighted by Gasteiger charge is 2.22. The molecule has 0 bridgehead atoms. The third-order valence-corrected chi connectivity index (χ3v) is 5.59. The van der Waals surface area contributed by atoms with Gasteiger partial charge in [-0.3, -0.25) is 9.78 Å². The summed E-state index contributed by atoms with van der Waals surface area (Å²) in [5, 5.41) is 4.27. The number of nitrogens with zero attached hydrogens (tertiary/aromatic N) is 3. The first-order valence-electron chi connectivity index (χ1n) is 10.8. The number of carbonyl (C=O) groups is 1. The molecule has 4 aromatic rings. The molecular weight excluding hydrogens is 454 g/mol. The van der Waals surface area contributed by atoms with Crippen molar-refractivity contribution in [2.75, 3.05) is 11.9 Å². The van der Waals surface area contributed by atoms with E-state index < -0.39 is 5.91 Å². The third kappa shape index (κ3) is 5.18. The maximum Gasteiger partial charge on any atom is 0.286 e. The monoisotopic (exact) mass is 474 g/mol. The molecule has 1 amide bonds. The van der Waals surface area contributed by atoms with Crippen LogP contribution in [0, 0.1) is 12.0 Å². The maximum atomic E-state index is 11.8. The first kappa shape index (κ1) is 21.9. The molecule has 0 spiro atoms. The number of fused-ring (bicyclic) bond motifs is 1. The summed E-state index contributed by atoms with van der Waals surface area (Å²) in [5.74, 6) is 1.27. The summed E-state index contributed by atoms with van der Waals surface area (Å²) < 4.78 is 11.6. The van der Waals surface area contributed by atoms with Crippen LogP contribution >= 0.6 is 11.6 Å². The number of rotatable bonds is 9. The minimum absolute atomic E-state index is 0.101. The van der Waals surface area contributed by atoms with Crippen LogP contribution in [0.3, 0.4) is 0 Å². The van der Waals surface area contributed by atoms with Crippen molar-refractivity contribution in [3.8, 4) is 11.5 Å². The number of hydrogen-bond acceptors (Lipinski definition) is 7. The Labute approximate surface area is 201 Å². The second-order valence-corrected chi connectivity index (χ2v) is 8.40. The number of pyridine rings is 1. The second kappa shape index (κ2) is 9.52. The summed E-state index contributed by atoms with van der Waals surface area (Å²) >= 11 is 6.43. The molecule has 171 valence electrons. The number of amides is 1. The molecule has 2 heterocycles. The number of hydrogen-bond donors (Lipinski definition) is 2. The molecule has 2 aromatic carbocycles. The maximum absolute atomic E-state index is 11.8. The SMILES string of the molecule is NC(=O)c1nc(Nc2ccc(OCc3ccccn3)c(Cl)c2)c2c[c]c(OCC3CC3)cc2n1. The Morgan fingerprint density at radius 2 is 2.06 bits per heavy atom. The van der Waals surface area contributed by atoms with E-state index in [0.717, 1.165) is 5.69 Å². The minimum atomic E-state index is -0.727. The molecule has 0 saturated heterocycles. The van der Waals surface area contributed by atoms with E-state index in [1.54, 1.807) is 36.5 Å². The van der Waals surface area contributed by atoms with Crippen molar-refractivity contribution < 1.29 is 14.3 Å². The molecule has 1 aliphatic rings. The average molecular weight is 475 g/mol. The fraction of sp³-hybridized carbons (Fsp3) is 0.200. The quantitative estimate of drug-likeness (QED) is 0.362. The Balaban J connectivity index is 1.38. The Hall–Kier alpha value is -3.91. The van der Waals surface area contributed by atoms with Gasteiger partial charge < -0.3 is 20.5 Å². The highest BCUT2D eigenvalue weighted by molar-refractivity contribution is 6.32. The number of primary amides is 1. The smallest absolute Gasteiger partial charge is 0.286 e. The minimum Gasteiger partial charge on any atom is -0.493 e. The van der Waals surface area contributed by atoms with E-state index in [9.17, 15) is 4.79 Å². The number of halogens is 1. The van der Waals surface area contributed by atoms with Crippen LogP contribution in [-0.4, -0.2) is 27.5 Å². The first-order chi connectivity index (χ1) is 16.5. The topological polar surface area (TPSA) is 112 Å². The van der Waals surface area contributed by atoms with Gasteiger partial charge in [0.15, 0.2) is 0 Å². The van der Waals surface area contributed by atoms with Gasteiger partial charge in [-0.1, -0.05) is 17.7 Å². The van der Waals surface area contributed by atoms with E-state index in [1.165, 1.54) is 12.8 Å². The number of ether oxygens (including phenoxy) is 2. The number of anilines is 2. The van der Waals surface area contributed by atoms with E-state index >= 15 is 0 Å². The lowest BCUT2D eigenvalue weighted by Crippen LogP contribution is -2.16. The van der Waals surface area contributed by atoms with Crippen LogP contribution in [0.15, 0.2) is 54.7 Å². The fourth-order valence-electron chi connectivity index (χ4n) is 3.30. The summed E-state index contributed by atoms with van der Waals surface area (Å²) in [5.41, 5.74) is 7.44. The van der Waals surface area contributed by atoms with Crippen LogP contribution in [0.4, 0.5) is 11.5 Å². The first-order valence-corrected chi connectivity index (χ1v) is 11.2. The van der Waals surface area contributed by atoms with Crippen LogP contribution < -0.4 is 20.5 Å². The molecule has 1 aliphatic carbocycles. The molecular formula is C25H21ClN5O3. The van der Waals surface area contributed by atoms with Gasteiger partial charge in [0.2, 0.25) is 5.82 Å². The van der Waals surface area contributed by atoms with Crippen molar-refractivity contribution in [1.82, 2.24) is 15.0 Å². The zero-order chi connectivity index (χ0) is 23.5. The summed E-state index contributed by atoms with van der Waals surface area (Å²) in [6, 6.07) is 17.5. The summed E-state index contributed by atoms with van der Waals surface area (Å²) in [4.78, 5) is 24.7. The van der Waals surface area contributed by atoms with Crippen molar-refractivity contribution >= 4 is 39.9 Å². The molecule has 9 heteroatoms. The Morgan fingerprint density at radius 1 is 1.18 bits per heavy atom. The van der Waals surface area contributed by atoms with Gasteiger partial charge in [-0.15, -0.1) is 0 Å². The Kier molecular flexibility index (Phi) is 6.14. The highest BCUT2D eigenvalue weighted by atomic mass is 35.5. The number of nitrogens with one attached hydrogen (secondary N) is 1. The molecule has 1 radical (unpaired) electrons. The molecule has 3 N–H and O–H groups in total. The standard InChI is InChI=1S/C25H21ClN5O3/c26-20-11-16(6-9-22(20)34-14-17-3-1-2-10-28-17)29-24-19-8-7-18(33-13-15-4-5-15)12-21(19)30-25(31-24)23(27)32/h1-3,6,8-12,15H,4-5,13-14H2,(H2,27,32)(H,29,30,31). The predicted octanol–water partition coefficient (Wildman–Crippen LogP) is 4.69. The van der Waals surface area contributed by atoms with Gasteiger partial charge in [0.25, 0.3) is 5.91 Å². The van der Waals surface area contributed by atoms with Crippen molar-refractivity contribution in [3.05, 3.63) is 77.3 Å². The lowest BCUT2D eigenvalue weighted by Gasteiger charge is -2.13. The van der Waals surface area contributed by atoms with Gasteiger partial charge in [-0.25, -0.2) is 9.97 Å². The molecule has 1 saturated carbocycles. The summed E-state index contributed by atoms with van der Waals surface area (Å²) in [6.45, 7) is 0.945. The normalized spacial score (nSPS) is 13.0. The van der Waals surface area contributed by atoms with E-state index in [-0.39, 0.29) is 5.82 Å². The highest BCUT2D eigenvalue weighted by Crippen LogP contribution is 2.33. The molecule has 0 unspecified atom stereocenters.